The van der Waals surface area contributed by atoms with Crippen LogP contribution in [0, 0.1) is 0 Å². The first-order valence-corrected chi connectivity index (χ1v) is 5.44. The molecule has 1 unspecified atom stereocenters. The van der Waals surface area contributed by atoms with Crippen LogP contribution in [0.3, 0.4) is 0 Å². The fourth-order valence-corrected chi connectivity index (χ4v) is 1.56. The van der Waals surface area contributed by atoms with Gasteiger partial charge < -0.3 is 16.2 Å². The lowest BCUT2D eigenvalue weighted by atomic mass is 10.2. The van der Waals surface area contributed by atoms with Crippen molar-refractivity contribution in [2.24, 2.45) is 0 Å². The highest BCUT2D eigenvalue weighted by Crippen LogP contribution is 2.21. The van der Waals surface area contributed by atoms with Gasteiger partial charge in [0.05, 0.1) is 23.5 Å². The lowest BCUT2D eigenvalue weighted by molar-refractivity contribution is 0.169. The molecule has 0 aliphatic carbocycles. The first-order chi connectivity index (χ1) is 8.15. The maximum atomic E-state index is 9.70. The maximum Gasteiger partial charge on any atom is 0.169 e. The number of nitrogens with one attached hydrogen (secondary N) is 1. The number of nitrogens with two attached hydrogens (primary N) is 1. The zero-order valence-electron chi connectivity index (χ0n) is 9.81. The minimum atomic E-state index is -0.577. The van der Waals surface area contributed by atoms with Gasteiger partial charge in [0.1, 0.15) is 5.52 Å². The third kappa shape index (κ3) is 2.12. The number of aliphatic hydroxyl groups excluding tert-OH is 1. The number of hydrogen-bond donors (Lipinski definition) is 3. The van der Waals surface area contributed by atoms with E-state index in [-0.39, 0.29) is 0 Å². The third-order valence-electron chi connectivity index (χ3n) is 2.56. The molecule has 6 heteroatoms. The first-order valence-electron chi connectivity index (χ1n) is 5.44. The third-order valence-corrected chi connectivity index (χ3v) is 2.56. The Hall–Kier alpha value is -1.95. The summed E-state index contributed by atoms with van der Waals surface area (Å²) in [5.41, 5.74) is 7.61. The van der Waals surface area contributed by atoms with Crippen molar-refractivity contribution < 1.29 is 5.11 Å². The molecule has 0 amide bonds. The number of nitrogens with zero attached hydrogens (tertiary/aromatic N) is 3. The van der Waals surface area contributed by atoms with Crippen molar-refractivity contribution >= 4 is 22.7 Å². The molecule has 90 valence electrons. The number of hydrogen-bond acceptors (Lipinski definition) is 6. The Labute approximate surface area is 98.9 Å². The fraction of sp³-hybridized carbons (Fsp3) is 0.364. The second-order valence-electron chi connectivity index (χ2n) is 3.73. The molecule has 6 nitrogen and oxygen atoms in total. The van der Waals surface area contributed by atoms with Gasteiger partial charge in [-0.15, -0.1) is 0 Å². The molecule has 0 bridgehead atoms. The molecule has 1 atom stereocenters. The fourth-order valence-electron chi connectivity index (χ4n) is 1.56. The Morgan fingerprint density at radius 1 is 1.41 bits per heavy atom. The van der Waals surface area contributed by atoms with E-state index in [0.29, 0.717) is 34.8 Å². The molecule has 17 heavy (non-hydrogen) atoms. The summed E-state index contributed by atoms with van der Waals surface area (Å²) in [6.45, 7) is 1.89. The minimum Gasteiger partial charge on any atom is -0.387 e. The molecule has 2 aromatic heterocycles. The van der Waals surface area contributed by atoms with Crippen molar-refractivity contribution in [1.82, 2.24) is 15.0 Å². The second kappa shape index (κ2) is 4.50. The van der Waals surface area contributed by atoms with Gasteiger partial charge in [0, 0.05) is 7.05 Å². The van der Waals surface area contributed by atoms with E-state index in [1.807, 2.05) is 6.92 Å². The van der Waals surface area contributed by atoms with Crippen LogP contribution in [0.2, 0.25) is 0 Å². The molecule has 0 aromatic carbocycles. The average molecular weight is 233 g/mol. The van der Waals surface area contributed by atoms with Crippen LogP contribution in [-0.4, -0.2) is 27.1 Å². The molecule has 0 spiro atoms. The molecular weight excluding hydrogens is 218 g/mol. The number of anilines is 2. The molecule has 0 saturated heterocycles. The van der Waals surface area contributed by atoms with E-state index in [1.165, 1.54) is 0 Å². The van der Waals surface area contributed by atoms with Gasteiger partial charge in [-0.1, -0.05) is 6.92 Å². The smallest absolute Gasteiger partial charge is 0.169 e. The van der Waals surface area contributed by atoms with Crippen molar-refractivity contribution in [3.05, 3.63) is 18.0 Å². The van der Waals surface area contributed by atoms with Crippen LogP contribution in [0.25, 0.3) is 11.0 Å². The molecule has 0 radical (unpaired) electrons. The summed E-state index contributed by atoms with van der Waals surface area (Å²) in [7, 11) is 1.73. The van der Waals surface area contributed by atoms with Crippen LogP contribution >= 0.6 is 0 Å². The normalized spacial score (nSPS) is 12.6. The topological polar surface area (TPSA) is 97.0 Å². The Balaban J connectivity index is 2.55. The lowest BCUT2D eigenvalue weighted by Crippen LogP contribution is -2.04. The van der Waals surface area contributed by atoms with E-state index >= 15 is 0 Å². The van der Waals surface area contributed by atoms with Crippen molar-refractivity contribution in [2.75, 3.05) is 18.1 Å². The highest BCUT2D eigenvalue weighted by molar-refractivity contribution is 5.79. The van der Waals surface area contributed by atoms with E-state index in [2.05, 4.69) is 20.3 Å². The number of rotatable bonds is 3. The van der Waals surface area contributed by atoms with Gasteiger partial charge in [-0.25, -0.2) is 9.97 Å². The van der Waals surface area contributed by atoms with Gasteiger partial charge in [0.2, 0.25) is 0 Å². The molecule has 2 heterocycles. The number of pyridine rings is 1. The number of aromatic nitrogens is 3. The van der Waals surface area contributed by atoms with Crippen LogP contribution in [-0.2, 0) is 0 Å². The Bertz CT molecular complexity index is 543. The predicted molar refractivity (Wildman–Crippen MR) is 66.5 cm³/mol. The molecule has 2 aromatic rings. The molecular formula is C11H15N5O. The molecule has 2 rings (SSSR count). The predicted octanol–water partition coefficient (Wildman–Crippen LogP) is 1.09. The van der Waals surface area contributed by atoms with Gasteiger partial charge in [-0.3, -0.25) is 4.98 Å². The Kier molecular flexibility index (Phi) is 3.06. The van der Waals surface area contributed by atoms with E-state index in [9.17, 15) is 5.11 Å². The molecule has 0 aliphatic heterocycles. The summed E-state index contributed by atoms with van der Waals surface area (Å²) in [6.07, 6.45) is 1.62. The molecule has 0 aliphatic rings. The molecule has 4 N–H and O–H groups in total. The van der Waals surface area contributed by atoms with E-state index < -0.39 is 6.10 Å². The average Bonchev–Trinajstić information content (AvgIpc) is 2.36. The Morgan fingerprint density at radius 3 is 2.82 bits per heavy atom. The minimum absolute atomic E-state index is 0.336. The van der Waals surface area contributed by atoms with Gasteiger partial charge in [0.15, 0.2) is 11.6 Å². The monoisotopic (exact) mass is 233 g/mol. The van der Waals surface area contributed by atoms with Gasteiger partial charge in [0.25, 0.3) is 0 Å². The molecule has 0 fully saturated rings. The summed E-state index contributed by atoms with van der Waals surface area (Å²) in [5, 5.41) is 12.6. The van der Waals surface area contributed by atoms with Crippen molar-refractivity contribution in [2.45, 2.75) is 19.4 Å². The van der Waals surface area contributed by atoms with Crippen LogP contribution < -0.4 is 11.1 Å². The number of fused-ring (bicyclic) bond motifs is 1. The standard InChI is InChI=1S/C11H15N5O/c1-3-9(17)7-4-6-8(5-14-7)16-11(13-2)10(12)15-6/h4-5,9,17H,3H2,1-2H3,(H2,12,15)(H,13,16). The SMILES string of the molecule is CCC(O)c1cc2nc(N)c(NC)nc2cn1. The van der Waals surface area contributed by atoms with Gasteiger partial charge in [-0.2, -0.15) is 0 Å². The van der Waals surface area contributed by atoms with Gasteiger partial charge in [-0.05, 0) is 12.5 Å². The largest absolute Gasteiger partial charge is 0.387 e. The number of nitrogen functional groups attached to an aromatic ring is 1. The summed E-state index contributed by atoms with van der Waals surface area (Å²) in [5.74, 6) is 0.867. The zero-order chi connectivity index (χ0) is 12.4. The summed E-state index contributed by atoms with van der Waals surface area (Å²) >= 11 is 0. The van der Waals surface area contributed by atoms with Crippen LogP contribution in [0.4, 0.5) is 11.6 Å². The van der Waals surface area contributed by atoms with Crippen molar-refractivity contribution in [3.8, 4) is 0 Å². The quantitative estimate of drug-likeness (QED) is 0.734. The maximum absolute atomic E-state index is 9.70. The number of aliphatic hydroxyl groups is 1. The van der Waals surface area contributed by atoms with E-state index in [0.717, 1.165) is 0 Å². The first kappa shape index (κ1) is 11.5. The second-order valence-corrected chi connectivity index (χ2v) is 3.73. The van der Waals surface area contributed by atoms with E-state index in [1.54, 1.807) is 19.3 Å². The van der Waals surface area contributed by atoms with Crippen molar-refractivity contribution in [1.29, 1.82) is 0 Å². The highest BCUT2D eigenvalue weighted by Gasteiger charge is 2.10. The van der Waals surface area contributed by atoms with Crippen LogP contribution in [0.15, 0.2) is 12.3 Å². The summed E-state index contributed by atoms with van der Waals surface area (Å²) in [4.78, 5) is 12.7. The van der Waals surface area contributed by atoms with Crippen LogP contribution in [0.1, 0.15) is 25.1 Å². The summed E-state index contributed by atoms with van der Waals surface area (Å²) < 4.78 is 0. The Morgan fingerprint density at radius 2 is 2.18 bits per heavy atom. The zero-order valence-corrected chi connectivity index (χ0v) is 9.81. The highest BCUT2D eigenvalue weighted by atomic mass is 16.3. The molecule has 0 saturated carbocycles. The van der Waals surface area contributed by atoms with Crippen molar-refractivity contribution in [3.63, 3.8) is 0 Å². The lowest BCUT2D eigenvalue weighted by Gasteiger charge is -2.09. The van der Waals surface area contributed by atoms with Gasteiger partial charge >= 0.3 is 0 Å². The van der Waals surface area contributed by atoms with E-state index in [4.69, 9.17) is 5.73 Å². The summed E-state index contributed by atoms with van der Waals surface area (Å²) in [6, 6.07) is 1.71. The van der Waals surface area contributed by atoms with Crippen LogP contribution in [0.5, 0.6) is 0 Å².